The second-order valence-corrected chi connectivity index (χ2v) is 6.16. The Hall–Kier alpha value is -1.66. The molecule has 2 aliphatic carbocycles. The van der Waals surface area contributed by atoms with E-state index in [9.17, 15) is 14.0 Å². The first-order chi connectivity index (χ1) is 11.0. The largest absolute Gasteiger partial charge is 0.460 e. The average Bonchev–Trinajstić information content (AvgIpc) is 3.34. The number of allylic oxidation sites excluding steroid dienone is 4. The smallest absolute Gasteiger partial charge is 0.343 e. The monoisotopic (exact) mass is 341 g/mol. The third-order valence-corrected chi connectivity index (χ3v) is 4.42. The number of rotatable bonds is 5. The lowest BCUT2D eigenvalue weighted by atomic mass is 9.85. The van der Waals surface area contributed by atoms with Gasteiger partial charge in [-0.1, -0.05) is 11.6 Å². The van der Waals surface area contributed by atoms with Gasteiger partial charge in [0.25, 0.3) is 0 Å². The van der Waals surface area contributed by atoms with Crippen LogP contribution in [0.15, 0.2) is 34.4 Å². The summed E-state index contributed by atoms with van der Waals surface area (Å²) in [5.41, 5.74) is 0.623. The number of hydrogen-bond acceptors (Lipinski definition) is 5. The minimum Gasteiger partial charge on any atom is -0.460 e. The van der Waals surface area contributed by atoms with Crippen LogP contribution in [-0.4, -0.2) is 43.0 Å². The maximum absolute atomic E-state index is 13.8. The van der Waals surface area contributed by atoms with Crippen molar-refractivity contribution in [2.75, 3.05) is 20.3 Å². The standard InChI is InChI=1S/C16H17ClFNO4/c1-22-4-5-23-16(21)11-8-19(9-2-3-9)14-7-12(17)13(18)6-10(14)15(11)20/h7-10H,2-6H2,1H3. The van der Waals surface area contributed by atoms with E-state index in [1.165, 1.54) is 19.4 Å². The fraction of sp³-hybridized carbons (Fsp3) is 0.500. The molecule has 124 valence electrons. The van der Waals surface area contributed by atoms with Gasteiger partial charge in [0.1, 0.15) is 18.0 Å². The number of esters is 1. The van der Waals surface area contributed by atoms with Crippen molar-refractivity contribution in [3.63, 3.8) is 0 Å². The molecule has 0 spiro atoms. The molecule has 3 rings (SSSR count). The predicted molar refractivity (Wildman–Crippen MR) is 81.0 cm³/mol. The van der Waals surface area contributed by atoms with Crippen molar-refractivity contribution < 1.29 is 23.5 Å². The van der Waals surface area contributed by atoms with Crippen LogP contribution in [0.4, 0.5) is 4.39 Å². The van der Waals surface area contributed by atoms with Gasteiger partial charge in [-0.2, -0.15) is 0 Å². The molecule has 1 fully saturated rings. The van der Waals surface area contributed by atoms with Crippen molar-refractivity contribution in [3.05, 3.63) is 34.4 Å². The van der Waals surface area contributed by atoms with Crippen molar-refractivity contribution in [2.24, 2.45) is 5.92 Å². The summed E-state index contributed by atoms with van der Waals surface area (Å²) in [5, 5.41) is 0.0224. The number of Topliss-reactive ketones (excluding diaryl/α,β-unsaturated/α-hetero) is 1. The zero-order valence-corrected chi connectivity index (χ0v) is 13.4. The predicted octanol–water partition coefficient (Wildman–Crippen LogP) is 2.43. The van der Waals surface area contributed by atoms with Gasteiger partial charge in [-0.15, -0.1) is 0 Å². The molecule has 1 heterocycles. The zero-order valence-electron chi connectivity index (χ0n) is 12.7. The molecule has 5 nitrogen and oxygen atoms in total. The van der Waals surface area contributed by atoms with Gasteiger partial charge in [0.15, 0.2) is 5.78 Å². The summed E-state index contributed by atoms with van der Waals surface area (Å²) in [4.78, 5) is 26.6. The van der Waals surface area contributed by atoms with Gasteiger partial charge >= 0.3 is 5.97 Å². The molecule has 0 N–H and O–H groups in total. The maximum Gasteiger partial charge on any atom is 0.343 e. The van der Waals surface area contributed by atoms with Crippen LogP contribution in [0.3, 0.4) is 0 Å². The Morgan fingerprint density at radius 1 is 1.43 bits per heavy atom. The lowest BCUT2D eigenvalue weighted by Gasteiger charge is -2.35. The summed E-state index contributed by atoms with van der Waals surface area (Å²) in [6.07, 6.45) is 4.82. The van der Waals surface area contributed by atoms with Crippen LogP contribution in [0.5, 0.6) is 0 Å². The van der Waals surface area contributed by atoms with Gasteiger partial charge in [0.05, 0.1) is 17.6 Å². The Morgan fingerprint density at radius 2 is 2.17 bits per heavy atom. The number of ketones is 1. The van der Waals surface area contributed by atoms with Crippen LogP contribution in [0.1, 0.15) is 19.3 Å². The minimum absolute atomic E-state index is 0.0224. The first kappa shape index (κ1) is 16.2. The molecule has 7 heteroatoms. The summed E-state index contributed by atoms with van der Waals surface area (Å²) in [6.45, 7) is 0.317. The van der Waals surface area contributed by atoms with E-state index in [1.807, 2.05) is 4.90 Å². The van der Waals surface area contributed by atoms with Crippen LogP contribution in [0.2, 0.25) is 0 Å². The molecule has 1 aliphatic heterocycles. The lowest BCUT2D eigenvalue weighted by Crippen LogP contribution is -2.39. The topological polar surface area (TPSA) is 55.8 Å². The molecule has 3 aliphatic rings. The summed E-state index contributed by atoms with van der Waals surface area (Å²) in [5.74, 6) is -2.36. The van der Waals surface area contributed by atoms with Gasteiger partial charge in [-0.05, 0) is 18.9 Å². The fourth-order valence-corrected chi connectivity index (χ4v) is 2.94. The van der Waals surface area contributed by atoms with Crippen LogP contribution >= 0.6 is 11.6 Å². The van der Waals surface area contributed by atoms with E-state index in [1.54, 1.807) is 0 Å². The highest BCUT2D eigenvalue weighted by Gasteiger charge is 2.43. The summed E-state index contributed by atoms with van der Waals surface area (Å²) < 4.78 is 23.7. The summed E-state index contributed by atoms with van der Waals surface area (Å²) >= 11 is 5.87. The Balaban J connectivity index is 1.88. The van der Waals surface area contributed by atoms with Gasteiger partial charge in [-0.3, -0.25) is 4.79 Å². The lowest BCUT2D eigenvalue weighted by molar-refractivity contribution is -0.142. The molecule has 23 heavy (non-hydrogen) atoms. The molecular weight excluding hydrogens is 325 g/mol. The van der Waals surface area contributed by atoms with E-state index in [-0.39, 0.29) is 36.3 Å². The van der Waals surface area contributed by atoms with E-state index in [2.05, 4.69) is 0 Å². The highest BCUT2D eigenvalue weighted by Crippen LogP contribution is 2.43. The fourth-order valence-electron chi connectivity index (χ4n) is 2.75. The average molecular weight is 342 g/mol. The molecule has 0 aromatic heterocycles. The summed E-state index contributed by atoms with van der Waals surface area (Å²) in [6, 6.07) is 0.226. The third-order valence-electron chi connectivity index (χ3n) is 4.10. The van der Waals surface area contributed by atoms with Crippen LogP contribution in [0.25, 0.3) is 0 Å². The van der Waals surface area contributed by atoms with Crippen LogP contribution in [0, 0.1) is 5.92 Å². The van der Waals surface area contributed by atoms with Crippen molar-refractivity contribution >= 4 is 23.4 Å². The number of carbonyl (C=O) groups is 2. The van der Waals surface area contributed by atoms with Crippen molar-refractivity contribution in [1.29, 1.82) is 0 Å². The normalized spacial score (nSPS) is 24.2. The van der Waals surface area contributed by atoms with E-state index < -0.39 is 23.5 Å². The molecule has 0 radical (unpaired) electrons. The second kappa shape index (κ2) is 6.45. The Morgan fingerprint density at radius 3 is 2.83 bits per heavy atom. The third kappa shape index (κ3) is 3.19. The van der Waals surface area contributed by atoms with E-state index >= 15 is 0 Å². The Labute approximate surface area is 138 Å². The highest BCUT2D eigenvalue weighted by molar-refractivity contribution is 6.31. The number of methoxy groups -OCH3 is 1. The van der Waals surface area contributed by atoms with Crippen LogP contribution < -0.4 is 0 Å². The highest BCUT2D eigenvalue weighted by atomic mass is 35.5. The molecule has 1 atom stereocenters. The van der Waals surface area contributed by atoms with Gasteiger partial charge in [0, 0.05) is 31.5 Å². The molecule has 1 unspecified atom stereocenters. The molecule has 1 saturated carbocycles. The molecule has 0 amide bonds. The molecule has 0 bridgehead atoms. The Bertz CT molecular complexity index is 636. The Kier molecular flexibility index (Phi) is 4.55. The van der Waals surface area contributed by atoms with Gasteiger partial charge in [-0.25, -0.2) is 9.18 Å². The molecule has 0 aromatic carbocycles. The van der Waals surface area contributed by atoms with Gasteiger partial charge < -0.3 is 14.4 Å². The number of ether oxygens (including phenoxy) is 2. The van der Waals surface area contributed by atoms with Crippen molar-refractivity contribution in [1.82, 2.24) is 4.90 Å². The number of carbonyl (C=O) groups excluding carboxylic acids is 2. The zero-order chi connectivity index (χ0) is 16.6. The van der Waals surface area contributed by atoms with E-state index in [4.69, 9.17) is 21.1 Å². The second-order valence-electron chi connectivity index (χ2n) is 5.75. The molecular formula is C16H17ClFNO4. The van der Waals surface area contributed by atoms with Crippen LogP contribution in [-0.2, 0) is 19.1 Å². The number of nitrogens with zero attached hydrogens (tertiary/aromatic N) is 1. The number of hydrogen-bond donors (Lipinski definition) is 0. The molecule has 0 aromatic rings. The van der Waals surface area contributed by atoms with Gasteiger partial charge in [0.2, 0.25) is 0 Å². The first-order valence-electron chi connectivity index (χ1n) is 7.49. The SMILES string of the molecule is COCCOC(=O)C1=CN(C2CC2)C2=CC(Cl)=C(F)CC2C1=O. The van der Waals surface area contributed by atoms with E-state index in [0.717, 1.165) is 12.8 Å². The molecule has 0 saturated heterocycles. The summed E-state index contributed by atoms with van der Waals surface area (Å²) in [7, 11) is 1.49. The number of halogens is 2. The van der Waals surface area contributed by atoms with E-state index in [0.29, 0.717) is 5.70 Å². The van der Waals surface area contributed by atoms with Crippen molar-refractivity contribution in [3.8, 4) is 0 Å². The quantitative estimate of drug-likeness (QED) is 0.437. The maximum atomic E-state index is 13.8. The minimum atomic E-state index is -0.715. The van der Waals surface area contributed by atoms with Crippen molar-refractivity contribution in [2.45, 2.75) is 25.3 Å². The first-order valence-corrected chi connectivity index (χ1v) is 7.87. The number of fused-ring (bicyclic) bond motifs is 1.